The summed E-state index contributed by atoms with van der Waals surface area (Å²) in [6, 6.07) is 5.47. The highest BCUT2D eigenvalue weighted by molar-refractivity contribution is 5.91. The molecular formula is C24H31F3N6O2. The third-order valence-corrected chi connectivity index (χ3v) is 5.99. The summed E-state index contributed by atoms with van der Waals surface area (Å²) in [5.41, 5.74) is 6.86. The highest BCUT2D eigenvalue weighted by Crippen LogP contribution is 2.34. The summed E-state index contributed by atoms with van der Waals surface area (Å²) in [5, 5.41) is 10.7. The smallest absolute Gasteiger partial charge is 0.379 e. The molecule has 2 aromatic heterocycles. The van der Waals surface area contributed by atoms with Crippen LogP contribution in [0.15, 0.2) is 41.3 Å². The minimum atomic E-state index is -4.44. The molecule has 3 heterocycles. The quantitative estimate of drug-likeness (QED) is 0.414. The van der Waals surface area contributed by atoms with E-state index in [0.29, 0.717) is 42.0 Å². The molecule has 190 valence electrons. The second-order valence-electron chi connectivity index (χ2n) is 10.1. The number of anilines is 2. The molecule has 8 nitrogen and oxygen atoms in total. The zero-order chi connectivity index (χ0) is 25.4. The first kappa shape index (κ1) is 25.2. The number of nitrogens with two attached hydrogens (primary N) is 1. The van der Waals surface area contributed by atoms with Crippen LogP contribution in [0.1, 0.15) is 44.8 Å². The molecule has 0 radical (unpaired) electrons. The zero-order valence-corrected chi connectivity index (χ0v) is 19.9. The van der Waals surface area contributed by atoms with Crippen LogP contribution in [0.2, 0.25) is 0 Å². The molecule has 1 aliphatic heterocycles. The van der Waals surface area contributed by atoms with Crippen LogP contribution in [0, 0.1) is 5.41 Å². The Morgan fingerprint density at radius 1 is 1.23 bits per heavy atom. The van der Waals surface area contributed by atoms with Crippen molar-refractivity contribution in [2.24, 2.45) is 11.1 Å². The molecule has 35 heavy (non-hydrogen) atoms. The van der Waals surface area contributed by atoms with E-state index in [1.807, 2.05) is 20.8 Å². The number of rotatable bonds is 6. The Balaban J connectivity index is 1.63. The van der Waals surface area contributed by atoms with Crippen LogP contribution >= 0.6 is 0 Å². The van der Waals surface area contributed by atoms with E-state index in [1.165, 1.54) is 12.1 Å². The molecule has 1 saturated heterocycles. The maximum atomic E-state index is 13.7. The van der Waals surface area contributed by atoms with Crippen LogP contribution in [-0.4, -0.2) is 46.7 Å². The van der Waals surface area contributed by atoms with Gasteiger partial charge in [-0.2, -0.15) is 18.3 Å². The van der Waals surface area contributed by atoms with Gasteiger partial charge in [0.25, 0.3) is 5.56 Å². The summed E-state index contributed by atoms with van der Waals surface area (Å²) >= 11 is 0. The van der Waals surface area contributed by atoms with Gasteiger partial charge in [-0.1, -0.05) is 32.9 Å². The first-order valence-electron chi connectivity index (χ1n) is 11.5. The minimum Gasteiger partial charge on any atom is -0.379 e. The van der Waals surface area contributed by atoms with E-state index >= 15 is 0 Å². The number of ether oxygens (including phenoxy) is 1. The molecule has 11 heteroatoms. The molecule has 3 atom stereocenters. The lowest BCUT2D eigenvalue weighted by Crippen LogP contribution is -2.40. The van der Waals surface area contributed by atoms with Gasteiger partial charge in [-0.3, -0.25) is 9.48 Å². The van der Waals surface area contributed by atoms with Crippen molar-refractivity contribution in [3.63, 3.8) is 0 Å². The zero-order valence-electron chi connectivity index (χ0n) is 19.9. The van der Waals surface area contributed by atoms with E-state index in [1.54, 1.807) is 29.1 Å². The first-order valence-corrected chi connectivity index (χ1v) is 11.5. The number of aromatic nitrogens is 3. The highest BCUT2D eigenvalue weighted by Gasteiger charge is 2.41. The number of nitrogens with one attached hydrogen (secondary N) is 3. The molecule has 1 aromatic carbocycles. The van der Waals surface area contributed by atoms with Crippen LogP contribution in [0.3, 0.4) is 0 Å². The van der Waals surface area contributed by atoms with Crippen molar-refractivity contribution in [1.29, 1.82) is 0 Å². The van der Waals surface area contributed by atoms with Crippen molar-refractivity contribution >= 4 is 22.4 Å². The van der Waals surface area contributed by atoms with E-state index < -0.39 is 12.2 Å². The van der Waals surface area contributed by atoms with Crippen molar-refractivity contribution in [2.75, 3.05) is 25.1 Å². The Morgan fingerprint density at radius 3 is 2.57 bits per heavy atom. The van der Waals surface area contributed by atoms with Crippen molar-refractivity contribution < 1.29 is 17.9 Å². The highest BCUT2D eigenvalue weighted by atomic mass is 19.4. The summed E-state index contributed by atoms with van der Waals surface area (Å²) in [5.74, 6) is 0.297. The molecule has 0 aliphatic carbocycles. The molecular weight excluding hydrogens is 461 g/mol. The molecule has 0 spiro atoms. The van der Waals surface area contributed by atoms with Gasteiger partial charge in [0.05, 0.1) is 18.2 Å². The van der Waals surface area contributed by atoms with E-state index in [9.17, 15) is 18.0 Å². The van der Waals surface area contributed by atoms with Gasteiger partial charge in [0, 0.05) is 31.1 Å². The first-order chi connectivity index (χ1) is 16.4. The van der Waals surface area contributed by atoms with Gasteiger partial charge in [-0.15, -0.1) is 0 Å². The molecule has 1 aliphatic rings. The predicted molar refractivity (Wildman–Crippen MR) is 129 cm³/mol. The molecule has 3 aromatic rings. The van der Waals surface area contributed by atoms with E-state index in [-0.39, 0.29) is 35.2 Å². The average molecular weight is 493 g/mol. The monoisotopic (exact) mass is 492 g/mol. The fourth-order valence-corrected chi connectivity index (χ4v) is 4.16. The Morgan fingerprint density at radius 2 is 1.94 bits per heavy atom. The maximum Gasteiger partial charge on any atom is 0.407 e. The van der Waals surface area contributed by atoms with Crippen LogP contribution in [0.25, 0.3) is 10.9 Å². The van der Waals surface area contributed by atoms with Crippen molar-refractivity contribution in [1.82, 2.24) is 20.1 Å². The van der Waals surface area contributed by atoms with Crippen molar-refractivity contribution in [3.8, 4) is 0 Å². The second kappa shape index (κ2) is 9.63. The normalized spacial score (nSPS) is 20.2. The molecule has 0 amide bonds. The summed E-state index contributed by atoms with van der Waals surface area (Å²) in [7, 11) is 0. The Hall–Kier alpha value is -2.89. The number of hydrogen-bond donors (Lipinski definition) is 4. The van der Waals surface area contributed by atoms with E-state index in [0.717, 1.165) is 0 Å². The fraction of sp³-hybridized carbons (Fsp3) is 0.500. The fourth-order valence-electron chi connectivity index (χ4n) is 4.16. The summed E-state index contributed by atoms with van der Waals surface area (Å²) in [6.07, 6.45) is -2.23. The number of nitrogens with zero attached hydrogens (tertiary/aromatic N) is 2. The molecule has 5 N–H and O–H groups in total. The third kappa shape index (κ3) is 5.68. The van der Waals surface area contributed by atoms with Crippen LogP contribution in [-0.2, 0) is 4.74 Å². The number of aromatic amines is 1. The number of H-pyrrole nitrogens is 1. The van der Waals surface area contributed by atoms with E-state index in [2.05, 4.69) is 20.7 Å². The van der Waals surface area contributed by atoms with Crippen molar-refractivity contribution in [2.45, 2.75) is 51.5 Å². The Bertz CT molecular complexity index is 1210. The lowest BCUT2D eigenvalue weighted by molar-refractivity contribution is -0.158. The average Bonchev–Trinajstić information content (AvgIpc) is 3.13. The van der Waals surface area contributed by atoms with Gasteiger partial charge in [0.2, 0.25) is 0 Å². The lowest BCUT2D eigenvalue weighted by atomic mass is 9.95. The van der Waals surface area contributed by atoms with Gasteiger partial charge < -0.3 is 26.1 Å². The number of alkyl halides is 3. The number of benzene rings is 1. The van der Waals surface area contributed by atoms with Crippen LogP contribution < -0.4 is 21.9 Å². The second-order valence-corrected chi connectivity index (χ2v) is 10.1. The topological polar surface area (TPSA) is 110 Å². The van der Waals surface area contributed by atoms with E-state index in [4.69, 9.17) is 10.5 Å². The largest absolute Gasteiger partial charge is 0.407 e. The lowest BCUT2D eigenvalue weighted by Gasteiger charge is -2.29. The molecule has 0 saturated carbocycles. The molecule has 1 unspecified atom stereocenters. The number of hydrogen-bond acceptors (Lipinski definition) is 6. The Kier molecular flexibility index (Phi) is 6.94. The number of pyridine rings is 1. The van der Waals surface area contributed by atoms with Gasteiger partial charge >= 0.3 is 6.18 Å². The molecule has 1 fully saturated rings. The molecule has 0 bridgehead atoms. The Labute approximate surface area is 201 Å². The minimum absolute atomic E-state index is 0.103. The maximum absolute atomic E-state index is 13.7. The third-order valence-electron chi connectivity index (χ3n) is 5.99. The van der Waals surface area contributed by atoms with Gasteiger partial charge in [-0.25, -0.2) is 0 Å². The SMILES string of the molecule is CC(C)(C)CNC(c1ccc(Nc2nn([C@H]3COCC[C@@H]3N)c3cc[nH]c(=O)c23)cc1)C(F)(F)F. The van der Waals surface area contributed by atoms with Gasteiger partial charge in [0.1, 0.15) is 11.4 Å². The van der Waals surface area contributed by atoms with Crippen LogP contribution in [0.4, 0.5) is 24.7 Å². The van der Waals surface area contributed by atoms with Gasteiger partial charge in [-0.05, 0) is 35.6 Å². The summed E-state index contributed by atoms with van der Waals surface area (Å²) in [4.78, 5) is 15.3. The summed E-state index contributed by atoms with van der Waals surface area (Å²) in [6.45, 7) is 6.77. The predicted octanol–water partition coefficient (Wildman–Crippen LogP) is 4.00. The standard InChI is InChI=1S/C24H31F3N6O2/c1-23(2,3)13-30-20(24(25,26)27)14-4-6-15(7-5-14)31-21-19-17(8-10-29-22(19)34)33(32-21)18-12-35-11-9-16(18)28/h4-8,10,16,18,20,30H,9,11-13,28H2,1-3H3,(H,29,34)(H,31,32)/t16-,18-,20?/m0/s1. The number of halogens is 3. The number of fused-ring (bicyclic) bond motifs is 1. The van der Waals surface area contributed by atoms with Gasteiger partial charge in [0.15, 0.2) is 5.82 Å². The molecule has 4 rings (SSSR count). The van der Waals surface area contributed by atoms with Crippen molar-refractivity contribution in [3.05, 3.63) is 52.4 Å². The van der Waals surface area contributed by atoms with Crippen LogP contribution in [0.5, 0.6) is 0 Å². The summed E-state index contributed by atoms with van der Waals surface area (Å²) < 4.78 is 48.4.